The summed E-state index contributed by atoms with van der Waals surface area (Å²) < 4.78 is 51.5. The minimum atomic E-state index is -4.58. The molecule has 0 aliphatic rings. The number of hydrogen-bond acceptors (Lipinski definition) is 3. The van der Waals surface area contributed by atoms with E-state index < -0.39 is 17.6 Å². The predicted octanol–water partition coefficient (Wildman–Crippen LogP) is 4.16. The van der Waals surface area contributed by atoms with Crippen molar-refractivity contribution in [3.05, 3.63) is 53.0 Å². The van der Waals surface area contributed by atoms with Crippen LogP contribution < -0.4 is 5.32 Å². The van der Waals surface area contributed by atoms with Crippen molar-refractivity contribution in [1.29, 1.82) is 5.26 Å². The maximum atomic E-state index is 13.6. The van der Waals surface area contributed by atoms with E-state index in [1.54, 1.807) is 13.0 Å². The molecule has 0 fully saturated rings. The van der Waals surface area contributed by atoms with Crippen LogP contribution >= 0.6 is 0 Å². The van der Waals surface area contributed by atoms with Gasteiger partial charge in [0.2, 0.25) is 0 Å². The Morgan fingerprint density at radius 3 is 2.52 bits per heavy atom. The molecule has 0 aliphatic carbocycles. The van der Waals surface area contributed by atoms with Crippen molar-refractivity contribution in [3.8, 4) is 6.07 Å². The monoisotopic (exact) mass is 295 g/mol. The SMILES string of the molecule is Cc1ccc(C#N)c(Nc2cc(C(F)(F)F)ccc2F)n1. The van der Waals surface area contributed by atoms with Gasteiger partial charge in [-0.25, -0.2) is 9.37 Å². The summed E-state index contributed by atoms with van der Waals surface area (Å²) in [6.07, 6.45) is -4.58. The van der Waals surface area contributed by atoms with Crippen LogP contribution in [0.4, 0.5) is 29.1 Å². The van der Waals surface area contributed by atoms with E-state index >= 15 is 0 Å². The fourth-order valence-electron chi connectivity index (χ4n) is 1.67. The molecule has 21 heavy (non-hydrogen) atoms. The van der Waals surface area contributed by atoms with Crippen molar-refractivity contribution in [1.82, 2.24) is 4.98 Å². The molecule has 1 heterocycles. The van der Waals surface area contributed by atoms with Crippen molar-refractivity contribution in [2.75, 3.05) is 5.32 Å². The summed E-state index contributed by atoms with van der Waals surface area (Å²) in [4.78, 5) is 3.99. The lowest BCUT2D eigenvalue weighted by Gasteiger charge is -2.12. The van der Waals surface area contributed by atoms with E-state index in [4.69, 9.17) is 5.26 Å². The van der Waals surface area contributed by atoms with Gasteiger partial charge in [0.1, 0.15) is 17.7 Å². The number of aryl methyl sites for hydroxylation is 1. The van der Waals surface area contributed by atoms with Crippen LogP contribution in [0.3, 0.4) is 0 Å². The maximum absolute atomic E-state index is 13.6. The molecule has 0 unspecified atom stereocenters. The first-order valence-electron chi connectivity index (χ1n) is 5.83. The molecule has 1 aromatic heterocycles. The number of anilines is 2. The normalized spacial score (nSPS) is 11.0. The minimum Gasteiger partial charge on any atom is -0.337 e. The summed E-state index contributed by atoms with van der Waals surface area (Å²) in [7, 11) is 0. The highest BCUT2D eigenvalue weighted by molar-refractivity contribution is 5.64. The highest BCUT2D eigenvalue weighted by Crippen LogP contribution is 2.32. The average molecular weight is 295 g/mol. The van der Waals surface area contributed by atoms with Crippen LogP contribution in [0, 0.1) is 24.1 Å². The predicted molar refractivity (Wildman–Crippen MR) is 68.4 cm³/mol. The van der Waals surface area contributed by atoms with Gasteiger partial charge in [-0.2, -0.15) is 18.4 Å². The second-order valence-electron chi connectivity index (χ2n) is 4.28. The summed E-state index contributed by atoms with van der Waals surface area (Å²) in [5.74, 6) is -0.856. The zero-order chi connectivity index (χ0) is 15.6. The number of pyridine rings is 1. The van der Waals surface area contributed by atoms with Crippen molar-refractivity contribution < 1.29 is 17.6 Å². The summed E-state index contributed by atoms with van der Waals surface area (Å²) in [5, 5.41) is 11.4. The summed E-state index contributed by atoms with van der Waals surface area (Å²) >= 11 is 0. The van der Waals surface area contributed by atoms with Gasteiger partial charge in [-0.1, -0.05) is 0 Å². The highest BCUT2D eigenvalue weighted by atomic mass is 19.4. The van der Waals surface area contributed by atoms with Crippen LogP contribution in [0.15, 0.2) is 30.3 Å². The van der Waals surface area contributed by atoms with Gasteiger partial charge in [-0.15, -0.1) is 0 Å². The zero-order valence-electron chi connectivity index (χ0n) is 10.8. The quantitative estimate of drug-likeness (QED) is 0.846. The van der Waals surface area contributed by atoms with Gasteiger partial charge in [-0.3, -0.25) is 0 Å². The smallest absolute Gasteiger partial charge is 0.337 e. The topological polar surface area (TPSA) is 48.7 Å². The number of nitrogens with one attached hydrogen (secondary N) is 1. The molecule has 0 atom stereocenters. The molecule has 2 rings (SSSR count). The van der Waals surface area contributed by atoms with Crippen LogP contribution in [0.1, 0.15) is 16.8 Å². The van der Waals surface area contributed by atoms with Gasteiger partial charge in [-0.05, 0) is 37.3 Å². The van der Waals surface area contributed by atoms with Crippen LogP contribution in [0.25, 0.3) is 0 Å². The molecule has 1 aromatic carbocycles. The van der Waals surface area contributed by atoms with E-state index in [0.717, 1.165) is 0 Å². The number of aromatic nitrogens is 1. The molecule has 0 saturated heterocycles. The molecule has 3 nitrogen and oxygen atoms in total. The molecule has 0 amide bonds. The third-order valence-corrected chi connectivity index (χ3v) is 2.70. The third-order valence-electron chi connectivity index (χ3n) is 2.70. The second-order valence-corrected chi connectivity index (χ2v) is 4.28. The molecular weight excluding hydrogens is 286 g/mol. The first-order chi connectivity index (χ1) is 9.81. The maximum Gasteiger partial charge on any atom is 0.416 e. The Kier molecular flexibility index (Phi) is 3.80. The second kappa shape index (κ2) is 5.40. The molecule has 7 heteroatoms. The summed E-state index contributed by atoms with van der Waals surface area (Å²) in [5.41, 5.74) is -0.724. The lowest BCUT2D eigenvalue weighted by Crippen LogP contribution is -2.07. The molecular formula is C14H9F4N3. The van der Waals surface area contributed by atoms with Gasteiger partial charge < -0.3 is 5.32 Å². The van der Waals surface area contributed by atoms with Crippen LogP contribution in [0.5, 0.6) is 0 Å². The first kappa shape index (κ1) is 14.8. The van der Waals surface area contributed by atoms with Crippen molar-refractivity contribution in [2.45, 2.75) is 13.1 Å². The Hall–Kier alpha value is -2.62. The van der Waals surface area contributed by atoms with Crippen LogP contribution in [0.2, 0.25) is 0 Å². The fourth-order valence-corrected chi connectivity index (χ4v) is 1.67. The Balaban J connectivity index is 2.45. The van der Waals surface area contributed by atoms with Crippen LogP contribution in [-0.4, -0.2) is 4.98 Å². The van der Waals surface area contributed by atoms with Crippen molar-refractivity contribution in [3.63, 3.8) is 0 Å². The number of rotatable bonds is 2. The Bertz CT molecular complexity index is 717. The molecule has 0 radical (unpaired) electrons. The number of hydrogen-bond donors (Lipinski definition) is 1. The number of benzene rings is 1. The van der Waals surface area contributed by atoms with E-state index in [-0.39, 0.29) is 17.1 Å². The van der Waals surface area contributed by atoms with E-state index in [2.05, 4.69) is 10.3 Å². The van der Waals surface area contributed by atoms with E-state index in [9.17, 15) is 17.6 Å². The standard InChI is InChI=1S/C14H9F4N3/c1-8-2-3-9(7-19)13(20-8)21-12-6-10(14(16,17)18)4-5-11(12)15/h2-6H,1H3,(H,20,21). The average Bonchev–Trinajstić information content (AvgIpc) is 2.40. The zero-order valence-corrected chi connectivity index (χ0v) is 10.8. The molecule has 1 N–H and O–H groups in total. The summed E-state index contributed by atoms with van der Waals surface area (Å²) in [6, 6.07) is 6.87. The van der Waals surface area contributed by atoms with E-state index in [1.807, 2.05) is 6.07 Å². The number of alkyl halides is 3. The largest absolute Gasteiger partial charge is 0.416 e. The first-order valence-corrected chi connectivity index (χ1v) is 5.83. The lowest BCUT2D eigenvalue weighted by atomic mass is 10.1. The van der Waals surface area contributed by atoms with Gasteiger partial charge in [0.15, 0.2) is 0 Å². The van der Waals surface area contributed by atoms with Crippen LogP contribution in [-0.2, 0) is 6.18 Å². The Labute approximate surface area is 117 Å². The van der Waals surface area contributed by atoms with E-state index in [1.165, 1.54) is 6.07 Å². The third kappa shape index (κ3) is 3.28. The number of halogens is 4. The molecule has 0 aliphatic heterocycles. The lowest BCUT2D eigenvalue weighted by molar-refractivity contribution is -0.137. The number of nitriles is 1. The fraction of sp³-hybridized carbons (Fsp3) is 0.143. The van der Waals surface area contributed by atoms with Gasteiger partial charge in [0.05, 0.1) is 16.8 Å². The molecule has 0 saturated carbocycles. The van der Waals surface area contributed by atoms with Crippen molar-refractivity contribution in [2.24, 2.45) is 0 Å². The Morgan fingerprint density at radius 2 is 1.90 bits per heavy atom. The molecule has 0 spiro atoms. The van der Waals surface area contributed by atoms with E-state index in [0.29, 0.717) is 23.9 Å². The number of nitrogens with zero attached hydrogens (tertiary/aromatic N) is 2. The van der Waals surface area contributed by atoms with Crippen molar-refractivity contribution >= 4 is 11.5 Å². The van der Waals surface area contributed by atoms with Gasteiger partial charge in [0.25, 0.3) is 0 Å². The summed E-state index contributed by atoms with van der Waals surface area (Å²) in [6.45, 7) is 1.65. The molecule has 2 aromatic rings. The Morgan fingerprint density at radius 1 is 1.19 bits per heavy atom. The molecule has 0 bridgehead atoms. The minimum absolute atomic E-state index is 0.00993. The van der Waals surface area contributed by atoms with Gasteiger partial charge in [0, 0.05) is 5.69 Å². The van der Waals surface area contributed by atoms with Gasteiger partial charge >= 0.3 is 6.18 Å². The molecule has 108 valence electrons. The highest BCUT2D eigenvalue weighted by Gasteiger charge is 2.31.